The third-order valence-corrected chi connectivity index (χ3v) is 4.54. The Hall–Kier alpha value is -4.13. The summed E-state index contributed by atoms with van der Waals surface area (Å²) in [5.74, 6) is 1.79. The van der Waals surface area contributed by atoms with E-state index in [-0.39, 0.29) is 12.5 Å². The maximum atomic E-state index is 12.2. The highest BCUT2D eigenvalue weighted by Crippen LogP contribution is 2.25. The molecule has 0 fully saturated rings. The lowest BCUT2D eigenvalue weighted by Gasteiger charge is -2.09. The number of nitrogens with one attached hydrogen (secondary N) is 1. The monoisotopic (exact) mass is 415 g/mol. The first-order valence-corrected chi connectivity index (χ1v) is 9.68. The number of carbonyl (C=O) groups excluding carboxylic acids is 1. The van der Waals surface area contributed by atoms with E-state index in [1.807, 2.05) is 37.3 Å². The molecular weight excluding hydrogens is 394 g/mol. The largest absolute Gasteiger partial charge is 0.497 e. The number of benzene rings is 3. The van der Waals surface area contributed by atoms with Crippen LogP contribution in [0.3, 0.4) is 0 Å². The summed E-state index contributed by atoms with van der Waals surface area (Å²) >= 11 is 0. The first-order chi connectivity index (χ1) is 15.1. The van der Waals surface area contributed by atoms with Crippen molar-refractivity contribution in [1.82, 2.24) is 10.1 Å². The van der Waals surface area contributed by atoms with E-state index < -0.39 is 0 Å². The molecule has 31 heavy (non-hydrogen) atoms. The molecule has 0 aliphatic rings. The van der Waals surface area contributed by atoms with Gasteiger partial charge in [-0.15, -0.1) is 0 Å². The summed E-state index contributed by atoms with van der Waals surface area (Å²) in [6.07, 6.45) is 0. The minimum Gasteiger partial charge on any atom is -0.497 e. The summed E-state index contributed by atoms with van der Waals surface area (Å²) in [5.41, 5.74) is 3.38. The quantitative estimate of drug-likeness (QED) is 0.469. The van der Waals surface area contributed by atoms with Crippen LogP contribution in [0.1, 0.15) is 5.56 Å². The van der Waals surface area contributed by atoms with Crippen molar-refractivity contribution in [2.45, 2.75) is 6.92 Å². The summed E-state index contributed by atoms with van der Waals surface area (Å²) in [6.45, 7) is 1.88. The van der Waals surface area contributed by atoms with Crippen molar-refractivity contribution in [3.8, 4) is 34.3 Å². The molecule has 0 radical (unpaired) electrons. The standard InChI is InChI=1S/C24H21N3O4/c1-16-9-11-17(12-10-16)23-26-24(31-27-23)18-5-3-8-21(13-18)30-15-22(28)25-19-6-4-7-20(14-19)29-2/h3-14H,15H2,1-2H3,(H,25,28). The van der Waals surface area contributed by atoms with Crippen LogP contribution in [0.2, 0.25) is 0 Å². The third kappa shape index (κ3) is 5.08. The van der Waals surface area contributed by atoms with Crippen LogP contribution < -0.4 is 14.8 Å². The third-order valence-electron chi connectivity index (χ3n) is 4.54. The Bertz CT molecular complexity index is 1190. The molecule has 3 aromatic carbocycles. The van der Waals surface area contributed by atoms with Crippen molar-refractivity contribution in [3.05, 3.63) is 78.4 Å². The lowest BCUT2D eigenvalue weighted by molar-refractivity contribution is -0.118. The molecule has 0 unspecified atom stereocenters. The summed E-state index contributed by atoms with van der Waals surface area (Å²) in [7, 11) is 1.57. The molecule has 4 aromatic rings. The molecule has 0 atom stereocenters. The van der Waals surface area contributed by atoms with E-state index in [0.717, 1.165) is 11.1 Å². The zero-order chi connectivity index (χ0) is 21.6. The molecule has 0 saturated carbocycles. The molecular formula is C24H21N3O4. The predicted octanol–water partition coefficient (Wildman–Crippen LogP) is 4.74. The summed E-state index contributed by atoms with van der Waals surface area (Å²) in [5, 5.41) is 6.83. The number of carbonyl (C=O) groups is 1. The van der Waals surface area contributed by atoms with E-state index in [2.05, 4.69) is 15.5 Å². The highest BCUT2D eigenvalue weighted by Gasteiger charge is 2.12. The number of methoxy groups -OCH3 is 1. The smallest absolute Gasteiger partial charge is 0.262 e. The van der Waals surface area contributed by atoms with Crippen LogP contribution in [0.25, 0.3) is 22.8 Å². The summed E-state index contributed by atoms with van der Waals surface area (Å²) < 4.78 is 16.2. The van der Waals surface area contributed by atoms with Crippen molar-refractivity contribution >= 4 is 11.6 Å². The van der Waals surface area contributed by atoms with Crippen molar-refractivity contribution < 1.29 is 18.8 Å². The Morgan fingerprint density at radius 2 is 1.74 bits per heavy atom. The van der Waals surface area contributed by atoms with Gasteiger partial charge in [-0.05, 0) is 37.3 Å². The molecule has 4 rings (SSSR count). The van der Waals surface area contributed by atoms with Crippen molar-refractivity contribution in [1.29, 1.82) is 0 Å². The van der Waals surface area contributed by atoms with Crippen molar-refractivity contribution in [2.24, 2.45) is 0 Å². The van der Waals surface area contributed by atoms with E-state index >= 15 is 0 Å². The number of aryl methyl sites for hydroxylation is 1. The van der Waals surface area contributed by atoms with Gasteiger partial charge in [0.2, 0.25) is 5.82 Å². The maximum Gasteiger partial charge on any atom is 0.262 e. The number of nitrogens with zero attached hydrogens (tertiary/aromatic N) is 2. The number of rotatable bonds is 7. The first kappa shape index (κ1) is 20.2. The number of amides is 1. The number of anilines is 1. The van der Waals surface area contributed by atoms with Gasteiger partial charge in [0, 0.05) is 22.9 Å². The predicted molar refractivity (Wildman–Crippen MR) is 117 cm³/mol. The van der Waals surface area contributed by atoms with E-state index in [1.165, 1.54) is 0 Å². The van der Waals surface area contributed by atoms with E-state index in [0.29, 0.717) is 34.5 Å². The van der Waals surface area contributed by atoms with Crippen LogP contribution >= 0.6 is 0 Å². The van der Waals surface area contributed by atoms with Gasteiger partial charge >= 0.3 is 0 Å². The second kappa shape index (κ2) is 9.13. The zero-order valence-electron chi connectivity index (χ0n) is 17.2. The van der Waals surface area contributed by atoms with E-state index in [4.69, 9.17) is 14.0 Å². The lowest BCUT2D eigenvalue weighted by atomic mass is 10.1. The highest BCUT2D eigenvalue weighted by atomic mass is 16.5. The Morgan fingerprint density at radius 3 is 2.55 bits per heavy atom. The Balaban J connectivity index is 1.40. The van der Waals surface area contributed by atoms with Crippen LogP contribution in [-0.2, 0) is 4.79 Å². The Labute approximate surface area is 179 Å². The topological polar surface area (TPSA) is 86.5 Å². The molecule has 7 heteroatoms. The van der Waals surface area contributed by atoms with Gasteiger partial charge in [0.15, 0.2) is 6.61 Å². The fourth-order valence-corrected chi connectivity index (χ4v) is 2.93. The lowest BCUT2D eigenvalue weighted by Crippen LogP contribution is -2.20. The summed E-state index contributed by atoms with van der Waals surface area (Å²) in [4.78, 5) is 16.7. The minimum absolute atomic E-state index is 0.140. The number of ether oxygens (including phenoxy) is 2. The SMILES string of the molecule is COc1cccc(NC(=O)COc2cccc(-c3nc(-c4ccc(C)cc4)no3)c2)c1. The zero-order valence-corrected chi connectivity index (χ0v) is 17.2. The van der Waals surface area contributed by atoms with Gasteiger partial charge in [0.05, 0.1) is 7.11 Å². The van der Waals surface area contributed by atoms with Gasteiger partial charge in [-0.3, -0.25) is 4.79 Å². The van der Waals surface area contributed by atoms with Gasteiger partial charge in [-0.25, -0.2) is 0 Å². The molecule has 0 saturated heterocycles. The molecule has 1 aromatic heterocycles. The van der Waals surface area contributed by atoms with Gasteiger partial charge in [0.1, 0.15) is 11.5 Å². The molecule has 156 valence electrons. The van der Waals surface area contributed by atoms with E-state index in [1.54, 1.807) is 49.6 Å². The molecule has 0 aliphatic heterocycles. The fourth-order valence-electron chi connectivity index (χ4n) is 2.93. The first-order valence-electron chi connectivity index (χ1n) is 9.68. The van der Waals surface area contributed by atoms with Gasteiger partial charge < -0.3 is 19.3 Å². The van der Waals surface area contributed by atoms with Crippen LogP contribution in [0.15, 0.2) is 77.3 Å². The molecule has 1 N–H and O–H groups in total. The molecule has 0 spiro atoms. The number of hydrogen-bond acceptors (Lipinski definition) is 6. The maximum absolute atomic E-state index is 12.2. The number of aromatic nitrogens is 2. The molecule has 0 aliphatic carbocycles. The van der Waals surface area contributed by atoms with Crippen molar-refractivity contribution in [2.75, 3.05) is 19.0 Å². The van der Waals surface area contributed by atoms with Gasteiger partial charge in [-0.2, -0.15) is 4.98 Å². The second-order valence-electron chi connectivity index (χ2n) is 6.89. The van der Waals surface area contributed by atoms with Gasteiger partial charge in [-0.1, -0.05) is 47.1 Å². The Morgan fingerprint density at radius 1 is 0.968 bits per heavy atom. The normalized spacial score (nSPS) is 10.5. The Kier molecular flexibility index (Phi) is 5.93. The van der Waals surface area contributed by atoms with E-state index in [9.17, 15) is 4.79 Å². The average Bonchev–Trinajstić information content (AvgIpc) is 3.29. The molecule has 7 nitrogen and oxygen atoms in total. The average molecular weight is 415 g/mol. The van der Waals surface area contributed by atoms with Crippen LogP contribution in [0.5, 0.6) is 11.5 Å². The highest BCUT2D eigenvalue weighted by molar-refractivity contribution is 5.92. The van der Waals surface area contributed by atoms with Crippen LogP contribution in [0.4, 0.5) is 5.69 Å². The van der Waals surface area contributed by atoms with Gasteiger partial charge in [0.25, 0.3) is 11.8 Å². The van der Waals surface area contributed by atoms with Crippen LogP contribution in [-0.4, -0.2) is 29.8 Å². The fraction of sp³-hybridized carbons (Fsp3) is 0.125. The second-order valence-corrected chi connectivity index (χ2v) is 6.89. The van der Waals surface area contributed by atoms with Crippen molar-refractivity contribution in [3.63, 3.8) is 0 Å². The summed E-state index contributed by atoms with van der Waals surface area (Å²) in [6, 6.07) is 22.2. The number of hydrogen-bond donors (Lipinski definition) is 1. The minimum atomic E-state index is -0.280. The molecule has 1 heterocycles. The molecule has 1 amide bonds. The molecule has 0 bridgehead atoms. The van der Waals surface area contributed by atoms with Crippen LogP contribution in [0, 0.1) is 6.92 Å².